The number of allylic oxidation sites excluding steroid dienone is 2. The number of hydrogen-bond donors (Lipinski definition) is 2. The molecule has 0 atom stereocenters. The Morgan fingerprint density at radius 1 is 0.875 bits per heavy atom. The average molecular weight is 321 g/mol. The van der Waals surface area contributed by atoms with Gasteiger partial charge in [-0.2, -0.15) is 0 Å². The van der Waals surface area contributed by atoms with Gasteiger partial charge in [-0.15, -0.1) is 0 Å². The Balaban J connectivity index is 2.35. The van der Waals surface area contributed by atoms with Crippen molar-refractivity contribution in [1.82, 2.24) is 0 Å². The van der Waals surface area contributed by atoms with Crippen LogP contribution in [-0.2, 0) is 4.74 Å². The molecule has 0 unspecified atom stereocenters. The Labute approximate surface area is 143 Å². The second-order valence-corrected chi connectivity index (χ2v) is 5.52. The maximum Gasteiger partial charge on any atom is 0.184 e. The summed E-state index contributed by atoms with van der Waals surface area (Å²) in [5.41, 5.74) is 14.6. The van der Waals surface area contributed by atoms with Gasteiger partial charge in [0.2, 0.25) is 0 Å². The lowest BCUT2D eigenvalue weighted by molar-refractivity contribution is 0.145. The molecule has 0 saturated carbocycles. The van der Waals surface area contributed by atoms with E-state index in [2.05, 4.69) is 4.99 Å². The largest absolute Gasteiger partial charge is 0.477 e. The predicted molar refractivity (Wildman–Crippen MR) is 99.3 cm³/mol. The Morgan fingerprint density at radius 3 is 1.83 bits per heavy atom. The fourth-order valence-corrected chi connectivity index (χ4v) is 2.13. The van der Waals surface area contributed by atoms with Gasteiger partial charge in [-0.3, -0.25) is 0 Å². The molecule has 0 amide bonds. The third kappa shape index (κ3) is 5.32. The van der Waals surface area contributed by atoms with Crippen LogP contribution in [0.5, 0.6) is 0 Å². The van der Waals surface area contributed by atoms with Crippen molar-refractivity contribution in [2.45, 2.75) is 20.0 Å². The van der Waals surface area contributed by atoms with E-state index in [1.54, 1.807) is 12.2 Å². The van der Waals surface area contributed by atoms with Crippen molar-refractivity contribution in [2.75, 3.05) is 0 Å². The van der Waals surface area contributed by atoms with Crippen LogP contribution in [0.3, 0.4) is 0 Å². The quantitative estimate of drug-likeness (QED) is 0.485. The molecule has 2 aromatic rings. The maximum atomic E-state index is 6.05. The predicted octanol–water partition coefficient (Wildman–Crippen LogP) is 3.55. The van der Waals surface area contributed by atoms with Crippen molar-refractivity contribution in [3.8, 4) is 0 Å². The summed E-state index contributed by atoms with van der Waals surface area (Å²) in [5, 5.41) is 0. The summed E-state index contributed by atoms with van der Waals surface area (Å²) in [6.07, 6.45) is 3.28. The third-order valence-electron chi connectivity index (χ3n) is 3.13. The number of hydrogen-bond acceptors (Lipinski definition) is 4. The molecule has 0 spiro atoms. The monoisotopic (exact) mass is 321 g/mol. The van der Waals surface area contributed by atoms with Crippen LogP contribution in [0, 0.1) is 0 Å². The molecule has 2 rings (SSSR count). The van der Waals surface area contributed by atoms with E-state index >= 15 is 0 Å². The second kappa shape index (κ2) is 8.58. The van der Waals surface area contributed by atoms with Crippen molar-refractivity contribution >= 4 is 5.71 Å². The second-order valence-electron chi connectivity index (χ2n) is 5.52. The van der Waals surface area contributed by atoms with E-state index in [0.717, 1.165) is 16.8 Å². The first-order valence-corrected chi connectivity index (χ1v) is 7.85. The average Bonchev–Trinajstić information content (AvgIpc) is 2.59. The summed E-state index contributed by atoms with van der Waals surface area (Å²) in [6, 6.07) is 19.9. The first-order chi connectivity index (χ1) is 11.6. The van der Waals surface area contributed by atoms with Gasteiger partial charge in [-0.1, -0.05) is 60.7 Å². The normalized spacial score (nSPS) is 12.1. The molecule has 4 N–H and O–H groups in total. The molecule has 2 aromatic carbocycles. The molecule has 24 heavy (non-hydrogen) atoms. The van der Waals surface area contributed by atoms with Crippen molar-refractivity contribution in [2.24, 2.45) is 16.5 Å². The van der Waals surface area contributed by atoms with Crippen LogP contribution in [0.4, 0.5) is 0 Å². The molecule has 4 heteroatoms. The highest BCUT2D eigenvalue weighted by Crippen LogP contribution is 2.12. The summed E-state index contributed by atoms with van der Waals surface area (Å²) in [6.45, 7) is 3.82. The van der Waals surface area contributed by atoms with E-state index in [0.29, 0.717) is 11.7 Å². The lowest BCUT2D eigenvalue weighted by atomic mass is 10.0. The van der Waals surface area contributed by atoms with Crippen LogP contribution in [0.1, 0.15) is 25.0 Å². The molecule has 0 aliphatic heterocycles. The lowest BCUT2D eigenvalue weighted by Gasteiger charge is -2.09. The summed E-state index contributed by atoms with van der Waals surface area (Å²) in [7, 11) is 0. The highest BCUT2D eigenvalue weighted by atomic mass is 16.5. The molecule has 0 radical (unpaired) electrons. The van der Waals surface area contributed by atoms with Gasteiger partial charge in [0.1, 0.15) is 5.82 Å². The Bertz CT molecular complexity index is 690. The molecule has 0 bridgehead atoms. The summed E-state index contributed by atoms with van der Waals surface area (Å²) < 4.78 is 5.37. The molecule has 0 heterocycles. The van der Waals surface area contributed by atoms with E-state index in [9.17, 15) is 0 Å². The van der Waals surface area contributed by atoms with E-state index in [4.69, 9.17) is 16.2 Å². The SMILES string of the molecule is CC(C)O/C(N)=C/C=C(\N)N=C(c1ccccc1)c1ccccc1. The minimum absolute atomic E-state index is 0.0172. The van der Waals surface area contributed by atoms with Crippen molar-refractivity contribution in [3.05, 3.63) is 95.6 Å². The molecular formula is C20H23N3O. The number of rotatable bonds is 6. The number of nitrogens with two attached hydrogens (primary N) is 2. The van der Waals surface area contributed by atoms with Crippen LogP contribution in [-0.4, -0.2) is 11.8 Å². The van der Waals surface area contributed by atoms with Gasteiger partial charge in [0.25, 0.3) is 0 Å². The minimum atomic E-state index is 0.0172. The number of ether oxygens (including phenoxy) is 1. The summed E-state index contributed by atoms with van der Waals surface area (Å²) in [4.78, 5) is 4.57. The summed E-state index contributed by atoms with van der Waals surface area (Å²) in [5.74, 6) is 0.664. The lowest BCUT2D eigenvalue weighted by Crippen LogP contribution is -2.09. The molecule has 0 aliphatic rings. The molecule has 0 aromatic heterocycles. The van der Waals surface area contributed by atoms with Crippen molar-refractivity contribution < 1.29 is 4.74 Å². The zero-order valence-corrected chi connectivity index (χ0v) is 14.0. The Hall–Kier alpha value is -3.01. The van der Waals surface area contributed by atoms with Crippen LogP contribution in [0.15, 0.2) is 89.5 Å². The number of aliphatic imine (C=N–C) groups is 1. The Morgan fingerprint density at radius 2 is 1.38 bits per heavy atom. The van der Waals surface area contributed by atoms with Gasteiger partial charge in [-0.05, 0) is 19.9 Å². The highest BCUT2D eigenvalue weighted by molar-refractivity contribution is 6.13. The van der Waals surface area contributed by atoms with Gasteiger partial charge in [-0.25, -0.2) is 4.99 Å². The van der Waals surface area contributed by atoms with E-state index in [1.807, 2.05) is 74.5 Å². The van der Waals surface area contributed by atoms with E-state index < -0.39 is 0 Å². The van der Waals surface area contributed by atoms with E-state index in [1.165, 1.54) is 0 Å². The summed E-state index contributed by atoms with van der Waals surface area (Å²) >= 11 is 0. The van der Waals surface area contributed by atoms with E-state index in [-0.39, 0.29) is 6.10 Å². The van der Waals surface area contributed by atoms with Gasteiger partial charge in [0.05, 0.1) is 11.8 Å². The standard InChI is InChI=1S/C20H23N3O/c1-15(2)24-19(22)14-13-18(21)23-20(16-9-5-3-6-10-16)17-11-7-4-8-12-17/h3-15H,21-22H2,1-2H3/b18-13+,19-14+. The van der Waals surface area contributed by atoms with Gasteiger partial charge in [0.15, 0.2) is 5.88 Å². The van der Waals surface area contributed by atoms with Crippen molar-refractivity contribution in [3.63, 3.8) is 0 Å². The minimum Gasteiger partial charge on any atom is -0.477 e. The van der Waals surface area contributed by atoms with Gasteiger partial charge < -0.3 is 16.2 Å². The smallest absolute Gasteiger partial charge is 0.184 e. The molecule has 0 fully saturated rings. The number of benzene rings is 2. The van der Waals surface area contributed by atoms with Crippen LogP contribution in [0.2, 0.25) is 0 Å². The van der Waals surface area contributed by atoms with Crippen molar-refractivity contribution in [1.29, 1.82) is 0 Å². The Kier molecular flexibility index (Phi) is 6.20. The number of nitrogens with zero attached hydrogens (tertiary/aromatic N) is 1. The van der Waals surface area contributed by atoms with Crippen LogP contribution in [0.25, 0.3) is 0 Å². The van der Waals surface area contributed by atoms with Crippen LogP contribution < -0.4 is 11.5 Å². The van der Waals surface area contributed by atoms with Gasteiger partial charge in [0, 0.05) is 17.2 Å². The molecule has 0 aliphatic carbocycles. The fourth-order valence-electron chi connectivity index (χ4n) is 2.13. The molecular weight excluding hydrogens is 298 g/mol. The molecule has 124 valence electrons. The maximum absolute atomic E-state index is 6.05. The zero-order valence-electron chi connectivity index (χ0n) is 14.0. The molecule has 0 saturated heterocycles. The fraction of sp³-hybridized carbons (Fsp3) is 0.150. The third-order valence-corrected chi connectivity index (χ3v) is 3.13. The van der Waals surface area contributed by atoms with Gasteiger partial charge >= 0.3 is 0 Å². The zero-order chi connectivity index (χ0) is 17.4. The first-order valence-electron chi connectivity index (χ1n) is 7.85. The molecule has 4 nitrogen and oxygen atoms in total. The first kappa shape index (κ1) is 17.3. The highest BCUT2D eigenvalue weighted by Gasteiger charge is 2.06. The van der Waals surface area contributed by atoms with Crippen LogP contribution >= 0.6 is 0 Å². The topological polar surface area (TPSA) is 73.6 Å².